The van der Waals surface area contributed by atoms with Gasteiger partial charge in [0.2, 0.25) is 0 Å². The Bertz CT molecular complexity index is 888. The van der Waals surface area contributed by atoms with E-state index < -0.39 is 4.87 Å². The third kappa shape index (κ3) is 2.97. The van der Waals surface area contributed by atoms with Crippen molar-refractivity contribution in [2.45, 2.75) is 11.8 Å². The van der Waals surface area contributed by atoms with Gasteiger partial charge in [-0.15, -0.1) is 24.0 Å². The van der Waals surface area contributed by atoms with Gasteiger partial charge >= 0.3 is 0 Å². The van der Waals surface area contributed by atoms with Crippen LogP contribution in [0.4, 0.5) is 17.1 Å². The van der Waals surface area contributed by atoms with Crippen LogP contribution in [0, 0.1) is 0 Å². The standard InChI is InChI=1S/C23H23ClN2.ClH/c1-4-26-21-11-7-5-9-19(21)23(24,20-10-6-8-12-22(20)26)17-13-15-18(16-14-17)25(2)3;/h5-16H,4H2,1-3H3;1H. The van der Waals surface area contributed by atoms with Gasteiger partial charge in [-0.3, -0.25) is 0 Å². The van der Waals surface area contributed by atoms with E-state index in [1.807, 2.05) is 0 Å². The third-order valence-corrected chi connectivity index (χ3v) is 5.86. The van der Waals surface area contributed by atoms with Gasteiger partial charge < -0.3 is 9.80 Å². The maximum absolute atomic E-state index is 7.48. The lowest BCUT2D eigenvalue weighted by molar-refractivity contribution is 0.826. The van der Waals surface area contributed by atoms with Gasteiger partial charge in [-0.1, -0.05) is 48.5 Å². The van der Waals surface area contributed by atoms with E-state index in [2.05, 4.69) is 104 Å². The molecule has 0 amide bonds. The van der Waals surface area contributed by atoms with Crippen molar-refractivity contribution in [1.29, 1.82) is 0 Å². The predicted octanol–water partition coefficient (Wildman–Crippen LogP) is 6.18. The van der Waals surface area contributed by atoms with E-state index in [9.17, 15) is 0 Å². The highest BCUT2D eigenvalue weighted by Gasteiger charge is 2.42. The lowest BCUT2D eigenvalue weighted by Crippen LogP contribution is -2.34. The lowest BCUT2D eigenvalue weighted by atomic mass is 9.79. The summed E-state index contributed by atoms with van der Waals surface area (Å²) in [6.07, 6.45) is 0. The van der Waals surface area contributed by atoms with E-state index in [0.29, 0.717) is 0 Å². The molecular formula is C23H24Cl2N2. The zero-order valence-corrected chi connectivity index (χ0v) is 17.4. The summed E-state index contributed by atoms with van der Waals surface area (Å²) in [5, 5.41) is 0. The number of benzene rings is 3. The number of hydrogen-bond acceptors (Lipinski definition) is 2. The van der Waals surface area contributed by atoms with Crippen molar-refractivity contribution < 1.29 is 0 Å². The summed E-state index contributed by atoms with van der Waals surface area (Å²) < 4.78 is 0. The summed E-state index contributed by atoms with van der Waals surface area (Å²) >= 11 is 7.48. The zero-order chi connectivity index (χ0) is 18.3. The molecule has 140 valence electrons. The molecule has 1 aliphatic rings. The van der Waals surface area contributed by atoms with Crippen LogP contribution in [0.15, 0.2) is 72.8 Å². The van der Waals surface area contributed by atoms with Gasteiger partial charge in [0.25, 0.3) is 0 Å². The SMILES string of the molecule is CCN1c2ccccc2C(Cl)(c2ccc(N(C)C)cc2)c2ccccc21.Cl. The molecule has 1 heterocycles. The Balaban J connectivity index is 0.00000210. The van der Waals surface area contributed by atoms with Crippen molar-refractivity contribution in [3.8, 4) is 0 Å². The number of alkyl halides is 1. The Morgan fingerprint density at radius 3 is 1.74 bits per heavy atom. The normalized spacial score (nSPS) is 14.0. The molecule has 4 rings (SSSR count). The van der Waals surface area contributed by atoms with E-state index in [4.69, 9.17) is 11.6 Å². The Hall–Kier alpha value is -2.16. The van der Waals surface area contributed by atoms with E-state index >= 15 is 0 Å². The summed E-state index contributed by atoms with van der Waals surface area (Å²) in [5.41, 5.74) is 6.91. The molecule has 3 aromatic carbocycles. The number of para-hydroxylation sites is 2. The minimum absolute atomic E-state index is 0. The molecule has 0 N–H and O–H groups in total. The zero-order valence-electron chi connectivity index (χ0n) is 15.8. The quantitative estimate of drug-likeness (QED) is 0.486. The summed E-state index contributed by atoms with van der Waals surface area (Å²) in [4.78, 5) is 3.76. The molecule has 0 aliphatic carbocycles. The van der Waals surface area contributed by atoms with Gasteiger partial charge in [0.05, 0.1) is 0 Å². The van der Waals surface area contributed by atoms with Crippen molar-refractivity contribution >= 4 is 41.1 Å². The summed E-state index contributed by atoms with van der Waals surface area (Å²) in [6, 6.07) is 25.5. The summed E-state index contributed by atoms with van der Waals surface area (Å²) in [7, 11) is 4.10. The van der Waals surface area contributed by atoms with Crippen LogP contribution in [0.2, 0.25) is 0 Å². The van der Waals surface area contributed by atoms with Gasteiger partial charge in [-0.2, -0.15) is 0 Å². The van der Waals surface area contributed by atoms with E-state index in [0.717, 1.165) is 23.2 Å². The van der Waals surface area contributed by atoms with Crippen LogP contribution in [0.5, 0.6) is 0 Å². The first kappa shape index (κ1) is 19.6. The third-order valence-electron chi connectivity index (χ3n) is 5.23. The van der Waals surface area contributed by atoms with Crippen LogP contribution in [0.25, 0.3) is 0 Å². The average molecular weight is 399 g/mol. The van der Waals surface area contributed by atoms with E-state index in [-0.39, 0.29) is 12.4 Å². The number of anilines is 3. The Labute approximate surface area is 172 Å². The van der Waals surface area contributed by atoms with Crippen LogP contribution in [0.3, 0.4) is 0 Å². The molecule has 3 aromatic rings. The molecule has 2 nitrogen and oxygen atoms in total. The molecule has 0 aromatic heterocycles. The Morgan fingerprint density at radius 1 is 0.815 bits per heavy atom. The fourth-order valence-corrected chi connectivity index (χ4v) is 4.36. The second kappa shape index (κ2) is 7.46. The number of nitrogens with zero attached hydrogens (tertiary/aromatic N) is 2. The maximum Gasteiger partial charge on any atom is 0.123 e. The van der Waals surface area contributed by atoms with Crippen LogP contribution in [-0.2, 0) is 4.87 Å². The highest BCUT2D eigenvalue weighted by atomic mass is 35.5. The first-order chi connectivity index (χ1) is 12.6. The monoisotopic (exact) mass is 398 g/mol. The van der Waals surface area contributed by atoms with Gasteiger partial charge in [-0.05, 0) is 36.8 Å². The van der Waals surface area contributed by atoms with Crippen molar-refractivity contribution in [3.63, 3.8) is 0 Å². The smallest absolute Gasteiger partial charge is 0.123 e. The fraction of sp³-hybridized carbons (Fsp3) is 0.217. The molecule has 0 saturated heterocycles. The minimum Gasteiger partial charge on any atom is -0.378 e. The number of halogens is 2. The van der Waals surface area contributed by atoms with Gasteiger partial charge in [-0.25, -0.2) is 0 Å². The molecule has 1 aliphatic heterocycles. The summed E-state index contributed by atoms with van der Waals surface area (Å²) in [6.45, 7) is 3.08. The van der Waals surface area contributed by atoms with Gasteiger partial charge in [0, 0.05) is 48.8 Å². The van der Waals surface area contributed by atoms with E-state index in [1.54, 1.807) is 0 Å². The van der Waals surface area contributed by atoms with Crippen molar-refractivity contribution in [2.24, 2.45) is 0 Å². The van der Waals surface area contributed by atoms with E-state index in [1.165, 1.54) is 17.1 Å². The molecule has 0 radical (unpaired) electrons. The van der Waals surface area contributed by atoms with Crippen molar-refractivity contribution in [3.05, 3.63) is 89.5 Å². The highest BCUT2D eigenvalue weighted by Crippen LogP contribution is 2.54. The number of rotatable bonds is 3. The Kier molecular flexibility index (Phi) is 5.41. The molecule has 0 spiro atoms. The first-order valence-corrected chi connectivity index (χ1v) is 9.38. The van der Waals surface area contributed by atoms with Crippen LogP contribution in [0.1, 0.15) is 23.6 Å². The molecule has 0 bridgehead atoms. The maximum atomic E-state index is 7.48. The molecule has 4 heteroatoms. The number of fused-ring (bicyclic) bond motifs is 2. The van der Waals surface area contributed by atoms with Gasteiger partial charge in [0.15, 0.2) is 0 Å². The van der Waals surface area contributed by atoms with Crippen molar-refractivity contribution in [1.82, 2.24) is 0 Å². The number of hydrogen-bond donors (Lipinski definition) is 0. The van der Waals surface area contributed by atoms with Crippen LogP contribution >= 0.6 is 24.0 Å². The second-order valence-electron chi connectivity index (χ2n) is 6.88. The minimum atomic E-state index is -0.691. The molecule has 0 fully saturated rings. The molecule has 0 unspecified atom stereocenters. The van der Waals surface area contributed by atoms with Crippen molar-refractivity contribution in [2.75, 3.05) is 30.4 Å². The largest absolute Gasteiger partial charge is 0.378 e. The Morgan fingerprint density at radius 2 is 1.30 bits per heavy atom. The van der Waals surface area contributed by atoms with Crippen LogP contribution < -0.4 is 9.80 Å². The molecular weight excluding hydrogens is 375 g/mol. The molecule has 0 atom stereocenters. The topological polar surface area (TPSA) is 6.48 Å². The predicted molar refractivity (Wildman–Crippen MR) is 119 cm³/mol. The summed E-state index contributed by atoms with van der Waals surface area (Å²) in [5.74, 6) is 0. The van der Waals surface area contributed by atoms with Gasteiger partial charge in [0.1, 0.15) is 4.87 Å². The second-order valence-corrected chi connectivity index (χ2v) is 7.45. The fourth-order valence-electron chi connectivity index (χ4n) is 3.92. The molecule has 27 heavy (non-hydrogen) atoms. The first-order valence-electron chi connectivity index (χ1n) is 9.00. The lowest BCUT2D eigenvalue weighted by Gasteiger charge is -2.42. The average Bonchev–Trinajstić information content (AvgIpc) is 2.68. The highest BCUT2D eigenvalue weighted by molar-refractivity contribution is 6.29. The van der Waals surface area contributed by atoms with Crippen LogP contribution in [-0.4, -0.2) is 20.6 Å². The molecule has 0 saturated carbocycles.